The van der Waals surface area contributed by atoms with Gasteiger partial charge in [-0.25, -0.2) is 5.48 Å². The molecule has 3 N–H and O–H groups in total. The van der Waals surface area contributed by atoms with Gasteiger partial charge in [-0.3, -0.25) is 10.0 Å². The number of ether oxygens (including phenoxy) is 1. The second kappa shape index (κ2) is 8.29. The van der Waals surface area contributed by atoms with Gasteiger partial charge in [-0.15, -0.1) is 0 Å². The third-order valence-corrected chi connectivity index (χ3v) is 5.45. The number of carbonyl (C=O) groups is 1. The Hall–Kier alpha value is -3.17. The molecule has 2 aromatic carbocycles. The Morgan fingerprint density at radius 3 is 2.60 bits per heavy atom. The molecule has 0 unspecified atom stereocenters. The van der Waals surface area contributed by atoms with Gasteiger partial charge in [0.05, 0.1) is 17.9 Å². The Morgan fingerprint density at radius 1 is 1.37 bits per heavy atom. The number of fused-ring (bicyclic) bond motifs is 1. The van der Waals surface area contributed by atoms with Crippen molar-refractivity contribution < 1.29 is 14.7 Å². The Kier molecular flexibility index (Phi) is 5.95. The molecular formula is C22H25B2N3O3. The van der Waals surface area contributed by atoms with E-state index < -0.39 is 5.91 Å². The normalized spacial score (nSPS) is 13.8. The Morgan fingerprint density at radius 2 is 2.03 bits per heavy atom. The van der Waals surface area contributed by atoms with E-state index in [9.17, 15) is 10.1 Å². The van der Waals surface area contributed by atoms with Crippen LogP contribution in [-0.4, -0.2) is 40.0 Å². The minimum Gasteiger partial charge on any atom is -0.493 e. The summed E-state index contributed by atoms with van der Waals surface area (Å²) in [5.74, 6) is 0.489. The summed E-state index contributed by atoms with van der Waals surface area (Å²) in [5.41, 5.74) is 6.81. The van der Waals surface area contributed by atoms with E-state index in [2.05, 4.69) is 56.1 Å². The molecule has 0 aliphatic carbocycles. The number of hydrogen-bond donors (Lipinski definition) is 3. The fourth-order valence-corrected chi connectivity index (χ4v) is 3.66. The summed E-state index contributed by atoms with van der Waals surface area (Å²) in [4.78, 5) is 11.6. The van der Waals surface area contributed by atoms with E-state index >= 15 is 0 Å². The lowest BCUT2D eigenvalue weighted by Gasteiger charge is -2.21. The van der Waals surface area contributed by atoms with Crippen LogP contribution in [0, 0.1) is 11.3 Å². The zero-order valence-corrected chi connectivity index (χ0v) is 17.8. The number of amides is 1. The fourth-order valence-electron chi connectivity index (χ4n) is 3.66. The molecule has 8 heteroatoms. The molecule has 6 nitrogen and oxygen atoms in total. The van der Waals surface area contributed by atoms with Crippen molar-refractivity contribution >= 4 is 27.3 Å². The summed E-state index contributed by atoms with van der Waals surface area (Å²) in [6.07, 6.45) is 0. The zero-order chi connectivity index (χ0) is 22.1. The molecule has 0 bridgehead atoms. The molecule has 0 aromatic heterocycles. The average molecular weight is 401 g/mol. The monoisotopic (exact) mass is 401 g/mol. The molecule has 0 saturated carbocycles. The van der Waals surface area contributed by atoms with Gasteiger partial charge >= 0.3 is 0 Å². The second-order valence-electron chi connectivity index (χ2n) is 8.51. The smallest absolute Gasteiger partial charge is 0.271 e. The lowest BCUT2D eigenvalue weighted by Crippen LogP contribution is -2.29. The van der Waals surface area contributed by atoms with Crippen LogP contribution in [0.5, 0.6) is 5.75 Å². The number of carbonyl (C=O) groups excluding carboxylic acids is 1. The van der Waals surface area contributed by atoms with Gasteiger partial charge in [0.15, 0.2) is 0 Å². The van der Waals surface area contributed by atoms with Crippen LogP contribution in [0.1, 0.15) is 36.5 Å². The minimum absolute atomic E-state index is 0.0902. The van der Waals surface area contributed by atoms with E-state index in [1.54, 1.807) is 5.48 Å². The molecule has 0 radical (unpaired) electrons. The molecule has 2 aromatic rings. The van der Waals surface area contributed by atoms with E-state index in [1.165, 1.54) is 5.56 Å². The molecule has 1 heterocycles. The first-order chi connectivity index (χ1) is 14.2. The van der Waals surface area contributed by atoms with E-state index in [0.29, 0.717) is 23.8 Å². The van der Waals surface area contributed by atoms with Gasteiger partial charge in [-0.1, -0.05) is 44.7 Å². The van der Waals surface area contributed by atoms with Crippen molar-refractivity contribution in [2.24, 2.45) is 0 Å². The highest BCUT2D eigenvalue weighted by Gasteiger charge is 2.37. The Balaban J connectivity index is 2.11. The van der Waals surface area contributed by atoms with Crippen molar-refractivity contribution in [1.29, 1.82) is 5.26 Å². The summed E-state index contributed by atoms with van der Waals surface area (Å²) < 4.78 is 6.06. The molecule has 1 aliphatic heterocycles. The fraction of sp³-hybridized carbons (Fsp3) is 0.273. The molecule has 3 rings (SSSR count). The van der Waals surface area contributed by atoms with Crippen LogP contribution < -0.4 is 15.5 Å². The van der Waals surface area contributed by atoms with E-state index in [0.717, 1.165) is 22.4 Å². The first kappa shape index (κ1) is 21.5. The number of benzene rings is 2. The summed E-state index contributed by atoms with van der Waals surface area (Å²) in [6.45, 7) is 8.54. The largest absolute Gasteiger partial charge is 0.493 e. The van der Waals surface area contributed by atoms with Gasteiger partial charge in [-0.2, -0.15) is 5.26 Å². The highest BCUT2D eigenvalue weighted by atomic mass is 16.5. The quantitative estimate of drug-likeness (QED) is 0.296. The molecule has 30 heavy (non-hydrogen) atoms. The molecule has 0 atom stereocenters. The molecule has 0 saturated heterocycles. The van der Waals surface area contributed by atoms with Crippen LogP contribution >= 0.6 is 0 Å². The predicted molar refractivity (Wildman–Crippen MR) is 123 cm³/mol. The minimum atomic E-state index is -0.671. The van der Waals surface area contributed by atoms with Gasteiger partial charge in [-0.05, 0) is 28.3 Å². The first-order valence-corrected chi connectivity index (χ1v) is 9.90. The number of nitriles is 1. The summed E-state index contributed by atoms with van der Waals surface area (Å²) in [6, 6.07) is 12.5. The topological polar surface area (TPSA) is 94.4 Å². The van der Waals surface area contributed by atoms with Crippen molar-refractivity contribution in [2.45, 2.75) is 25.0 Å². The second-order valence-corrected chi connectivity index (χ2v) is 8.51. The average Bonchev–Trinajstić information content (AvgIpc) is 3.06. The predicted octanol–water partition coefficient (Wildman–Crippen LogP) is 1.63. The third-order valence-electron chi connectivity index (χ3n) is 5.45. The van der Waals surface area contributed by atoms with Gasteiger partial charge in [0.2, 0.25) is 0 Å². The number of hydroxylamine groups is 1. The van der Waals surface area contributed by atoms with E-state index in [-0.39, 0.29) is 17.3 Å². The van der Waals surface area contributed by atoms with Gasteiger partial charge in [0, 0.05) is 23.2 Å². The molecule has 0 spiro atoms. The van der Waals surface area contributed by atoms with Crippen LogP contribution in [0.4, 0.5) is 5.69 Å². The molecular weight excluding hydrogens is 376 g/mol. The lowest BCUT2D eigenvalue weighted by molar-refractivity contribution is -0.125. The molecule has 1 amide bonds. The first-order valence-electron chi connectivity index (χ1n) is 9.90. The van der Waals surface area contributed by atoms with Gasteiger partial charge < -0.3 is 10.1 Å². The number of nitrogens with zero attached hydrogens (tertiary/aromatic N) is 1. The van der Waals surface area contributed by atoms with Crippen molar-refractivity contribution in [3.63, 3.8) is 0 Å². The van der Waals surface area contributed by atoms with Crippen LogP contribution in [0.15, 0.2) is 42.5 Å². The maximum absolute atomic E-state index is 11.6. The van der Waals surface area contributed by atoms with Crippen LogP contribution in [0.2, 0.25) is 0 Å². The maximum atomic E-state index is 11.6. The third kappa shape index (κ3) is 3.94. The number of anilines is 1. The van der Waals surface area contributed by atoms with E-state index in [4.69, 9.17) is 9.94 Å². The number of hydrogen-bond acceptors (Lipinski definition) is 5. The SMILES string of the molecule is BC1(B)COc2c(-c3ccc(C(C)C)cc3)cc(NCC(=C)C(=O)NO)c(C#N)c21. The van der Waals surface area contributed by atoms with Crippen LogP contribution in [-0.2, 0) is 10.0 Å². The zero-order valence-electron chi connectivity index (χ0n) is 17.8. The standard InChI is InChI=1S/C22H25B2N3O3/c1-12(2)14-4-6-15(7-5-14)16-8-18(26-10-13(3)21(28)27-29)17(9-25)19-20(16)30-11-22(19,23)24/h4-8,12,26,29H,3,10-11,23-24H2,1-2H3,(H,27,28). The summed E-state index contributed by atoms with van der Waals surface area (Å²) >= 11 is 0. The van der Waals surface area contributed by atoms with Crippen LogP contribution in [0.25, 0.3) is 11.1 Å². The highest BCUT2D eigenvalue weighted by molar-refractivity contribution is 6.41. The van der Waals surface area contributed by atoms with E-state index in [1.807, 2.05) is 21.8 Å². The van der Waals surface area contributed by atoms with Crippen LogP contribution in [0.3, 0.4) is 0 Å². The Bertz CT molecular complexity index is 1040. The molecule has 152 valence electrons. The maximum Gasteiger partial charge on any atom is 0.271 e. The Labute approximate surface area is 178 Å². The highest BCUT2D eigenvalue weighted by Crippen LogP contribution is 2.47. The molecule has 1 aliphatic rings. The number of nitrogens with one attached hydrogen (secondary N) is 2. The van der Waals surface area contributed by atoms with Gasteiger partial charge in [0.25, 0.3) is 5.91 Å². The van der Waals surface area contributed by atoms with Crippen molar-refractivity contribution in [3.05, 3.63) is 59.2 Å². The molecule has 0 fully saturated rings. The van der Waals surface area contributed by atoms with Crippen molar-refractivity contribution in [1.82, 2.24) is 5.48 Å². The van der Waals surface area contributed by atoms with Gasteiger partial charge in [0.1, 0.15) is 27.5 Å². The summed E-state index contributed by atoms with van der Waals surface area (Å²) in [5, 5.41) is 21.5. The summed E-state index contributed by atoms with van der Waals surface area (Å²) in [7, 11) is 4.10. The lowest BCUT2D eigenvalue weighted by atomic mass is 9.51. The van der Waals surface area contributed by atoms with Crippen molar-refractivity contribution in [2.75, 3.05) is 18.5 Å². The number of rotatable bonds is 6. The van der Waals surface area contributed by atoms with Crippen molar-refractivity contribution in [3.8, 4) is 22.9 Å².